The van der Waals surface area contributed by atoms with Crippen LogP contribution in [0.4, 0.5) is 0 Å². The molecule has 0 saturated carbocycles. The molecule has 0 N–H and O–H groups in total. The fourth-order valence-corrected chi connectivity index (χ4v) is 1.54. The molecule has 0 aromatic carbocycles. The average molecular weight is 278 g/mol. The maximum Gasteiger partial charge on any atom is 0.212 e. The van der Waals surface area contributed by atoms with Crippen LogP contribution in [0.5, 0.6) is 5.75 Å². The van der Waals surface area contributed by atoms with Gasteiger partial charge in [-0.2, -0.15) is 9.90 Å². The summed E-state index contributed by atoms with van der Waals surface area (Å²) in [6, 6.07) is 0. The zero-order valence-corrected chi connectivity index (χ0v) is 12.3. The number of ketones is 1. The summed E-state index contributed by atoms with van der Waals surface area (Å²) in [5.74, 6) is 0.734. The van der Waals surface area contributed by atoms with Crippen molar-refractivity contribution in [2.45, 2.75) is 39.8 Å². The molecule has 2 rings (SSSR count). The van der Waals surface area contributed by atoms with Gasteiger partial charge in [-0.25, -0.2) is 0 Å². The van der Waals surface area contributed by atoms with Gasteiger partial charge in [0.05, 0.1) is 11.7 Å². The molecule has 8 nitrogen and oxygen atoms in total. The van der Waals surface area contributed by atoms with E-state index in [-0.39, 0.29) is 17.9 Å². The number of aryl methyl sites for hydroxylation is 1. The number of ether oxygens (including phenoxy) is 1. The maximum absolute atomic E-state index is 11.4. The van der Waals surface area contributed by atoms with E-state index in [1.54, 1.807) is 13.2 Å². The van der Waals surface area contributed by atoms with Gasteiger partial charge in [-0.3, -0.25) is 9.48 Å². The van der Waals surface area contributed by atoms with Gasteiger partial charge >= 0.3 is 0 Å². The van der Waals surface area contributed by atoms with Crippen molar-refractivity contribution in [3.05, 3.63) is 17.7 Å². The number of aromatic nitrogens is 6. The van der Waals surface area contributed by atoms with Crippen molar-refractivity contribution in [3.8, 4) is 5.75 Å². The Morgan fingerprint density at radius 3 is 2.60 bits per heavy atom. The fourth-order valence-electron chi connectivity index (χ4n) is 1.54. The van der Waals surface area contributed by atoms with Crippen LogP contribution >= 0.6 is 0 Å². The molecule has 20 heavy (non-hydrogen) atoms. The van der Waals surface area contributed by atoms with E-state index in [1.165, 1.54) is 16.4 Å². The predicted molar refractivity (Wildman–Crippen MR) is 70.4 cm³/mol. The quantitative estimate of drug-likeness (QED) is 0.773. The number of rotatable bonds is 4. The van der Waals surface area contributed by atoms with Gasteiger partial charge in [0.2, 0.25) is 5.82 Å². The number of carbonyl (C=O) groups is 1. The first kappa shape index (κ1) is 14.2. The molecule has 0 aliphatic rings. The number of hydrogen-bond acceptors (Lipinski definition) is 6. The summed E-state index contributed by atoms with van der Waals surface area (Å²) in [6.07, 6.45) is 1.64. The monoisotopic (exact) mass is 278 g/mol. The van der Waals surface area contributed by atoms with Crippen LogP contribution in [0, 0.1) is 0 Å². The number of Topliss-reactive ketones (excluding diaryl/α,β-unsaturated/α-hetero) is 1. The molecule has 0 saturated heterocycles. The smallest absolute Gasteiger partial charge is 0.212 e. The molecule has 0 bridgehead atoms. The number of hydrogen-bond donors (Lipinski definition) is 0. The van der Waals surface area contributed by atoms with Crippen LogP contribution in [0.15, 0.2) is 6.20 Å². The third-order valence-electron chi connectivity index (χ3n) is 2.54. The summed E-state index contributed by atoms with van der Waals surface area (Å²) in [6.45, 7) is 7.53. The van der Waals surface area contributed by atoms with Gasteiger partial charge in [0.25, 0.3) is 0 Å². The second-order valence-corrected chi connectivity index (χ2v) is 5.53. The first-order valence-corrected chi connectivity index (χ1v) is 6.24. The third-order valence-corrected chi connectivity index (χ3v) is 2.54. The lowest BCUT2D eigenvalue weighted by Crippen LogP contribution is -2.24. The highest BCUT2D eigenvalue weighted by Gasteiger charge is 2.18. The molecular formula is C12H18N6O2. The van der Waals surface area contributed by atoms with Gasteiger partial charge in [-0.15, -0.1) is 10.2 Å². The van der Waals surface area contributed by atoms with E-state index in [1.807, 2.05) is 20.8 Å². The number of carbonyl (C=O) groups excluding carboxylic acids is 1. The Morgan fingerprint density at radius 2 is 2.05 bits per heavy atom. The standard InChI is InChI=1S/C12H18N6O2/c1-8(19)11-9(6-17(5)15-11)20-7-10-13-16-18(14-10)12(2,3)4/h6H,7H2,1-5H3. The first-order chi connectivity index (χ1) is 9.27. The molecule has 8 heteroatoms. The third kappa shape index (κ3) is 3.01. The Hall–Kier alpha value is -2.25. The van der Waals surface area contributed by atoms with Gasteiger partial charge in [-0.05, 0) is 26.0 Å². The molecule has 0 atom stereocenters. The molecule has 0 spiro atoms. The molecular weight excluding hydrogens is 260 g/mol. The summed E-state index contributed by atoms with van der Waals surface area (Å²) in [5.41, 5.74) is 0.0695. The Bertz CT molecular complexity index is 622. The zero-order valence-electron chi connectivity index (χ0n) is 12.3. The second-order valence-electron chi connectivity index (χ2n) is 5.53. The lowest BCUT2D eigenvalue weighted by molar-refractivity contribution is 0.100. The van der Waals surface area contributed by atoms with E-state index in [0.717, 1.165) is 0 Å². The van der Waals surface area contributed by atoms with Crippen LogP contribution in [0.1, 0.15) is 44.0 Å². The molecule has 2 aromatic heterocycles. The lowest BCUT2D eigenvalue weighted by atomic mass is 10.1. The summed E-state index contributed by atoms with van der Waals surface area (Å²) in [5, 5.41) is 16.2. The summed E-state index contributed by atoms with van der Waals surface area (Å²) < 4.78 is 7.08. The van der Waals surface area contributed by atoms with Gasteiger partial charge in [-0.1, -0.05) is 0 Å². The van der Waals surface area contributed by atoms with Crippen LogP contribution in [0.3, 0.4) is 0 Å². The van der Waals surface area contributed by atoms with E-state index < -0.39 is 0 Å². The van der Waals surface area contributed by atoms with Crippen molar-refractivity contribution in [2.75, 3.05) is 0 Å². The molecule has 0 radical (unpaired) electrons. The Morgan fingerprint density at radius 1 is 1.35 bits per heavy atom. The minimum absolute atomic E-state index is 0.141. The predicted octanol–water partition coefficient (Wildman–Crippen LogP) is 0.943. The van der Waals surface area contributed by atoms with Crippen molar-refractivity contribution in [1.29, 1.82) is 0 Å². The molecule has 0 fully saturated rings. The Labute approximate surface area is 116 Å². The molecule has 108 valence electrons. The zero-order chi connectivity index (χ0) is 14.9. The number of nitrogens with zero attached hydrogens (tertiary/aromatic N) is 6. The summed E-state index contributed by atoms with van der Waals surface area (Å²) >= 11 is 0. The molecule has 2 heterocycles. The van der Waals surface area contributed by atoms with Crippen LogP contribution in [0.2, 0.25) is 0 Å². The minimum atomic E-state index is -0.232. The van der Waals surface area contributed by atoms with Crippen molar-refractivity contribution in [1.82, 2.24) is 30.0 Å². The van der Waals surface area contributed by atoms with Gasteiger partial charge in [0.15, 0.2) is 23.8 Å². The van der Waals surface area contributed by atoms with Crippen LogP contribution in [0.25, 0.3) is 0 Å². The van der Waals surface area contributed by atoms with E-state index in [9.17, 15) is 4.79 Å². The molecule has 0 unspecified atom stereocenters. The Kier molecular flexibility index (Phi) is 3.56. The summed E-state index contributed by atoms with van der Waals surface area (Å²) in [4.78, 5) is 13.0. The van der Waals surface area contributed by atoms with Gasteiger partial charge in [0, 0.05) is 14.0 Å². The molecule has 2 aromatic rings. The largest absolute Gasteiger partial charge is 0.481 e. The van der Waals surface area contributed by atoms with E-state index in [2.05, 4.69) is 20.5 Å². The van der Waals surface area contributed by atoms with E-state index >= 15 is 0 Å². The van der Waals surface area contributed by atoms with Crippen molar-refractivity contribution in [2.24, 2.45) is 7.05 Å². The minimum Gasteiger partial charge on any atom is -0.481 e. The lowest BCUT2D eigenvalue weighted by Gasteiger charge is -2.15. The van der Waals surface area contributed by atoms with Crippen molar-refractivity contribution < 1.29 is 9.53 Å². The topological polar surface area (TPSA) is 87.7 Å². The second kappa shape index (κ2) is 5.03. The van der Waals surface area contributed by atoms with Crippen LogP contribution in [-0.4, -0.2) is 35.8 Å². The molecule has 0 amide bonds. The highest BCUT2D eigenvalue weighted by atomic mass is 16.5. The number of tetrazole rings is 1. The first-order valence-electron chi connectivity index (χ1n) is 6.24. The van der Waals surface area contributed by atoms with Crippen LogP contribution < -0.4 is 4.74 Å². The van der Waals surface area contributed by atoms with Gasteiger partial charge < -0.3 is 4.74 Å². The summed E-state index contributed by atoms with van der Waals surface area (Å²) in [7, 11) is 1.73. The molecule has 0 aliphatic carbocycles. The van der Waals surface area contributed by atoms with E-state index in [0.29, 0.717) is 17.3 Å². The maximum atomic E-state index is 11.4. The fraction of sp³-hybridized carbons (Fsp3) is 0.583. The highest BCUT2D eigenvalue weighted by molar-refractivity contribution is 5.94. The molecule has 0 aliphatic heterocycles. The van der Waals surface area contributed by atoms with E-state index in [4.69, 9.17) is 4.74 Å². The van der Waals surface area contributed by atoms with Crippen molar-refractivity contribution in [3.63, 3.8) is 0 Å². The van der Waals surface area contributed by atoms with Gasteiger partial charge in [0.1, 0.15) is 0 Å². The normalized spacial score (nSPS) is 11.7. The van der Waals surface area contributed by atoms with Crippen LogP contribution in [-0.2, 0) is 19.2 Å². The Balaban J connectivity index is 2.09. The average Bonchev–Trinajstić information content (AvgIpc) is 2.91. The van der Waals surface area contributed by atoms with Crippen molar-refractivity contribution >= 4 is 5.78 Å². The highest BCUT2D eigenvalue weighted by Crippen LogP contribution is 2.18. The SMILES string of the molecule is CC(=O)c1nn(C)cc1OCc1nnn(C(C)(C)C)n1.